The zero-order chi connectivity index (χ0) is 17.9. The van der Waals surface area contributed by atoms with E-state index in [1.165, 1.54) is 4.31 Å². The predicted octanol–water partition coefficient (Wildman–Crippen LogP) is 2.60. The first-order valence-corrected chi connectivity index (χ1v) is 9.45. The molecule has 0 N–H and O–H groups in total. The highest BCUT2D eigenvalue weighted by Gasteiger charge is 2.35. The Kier molecular flexibility index (Phi) is 4.94. The number of hydrogen-bond acceptors (Lipinski definition) is 5. The molecule has 0 radical (unpaired) electrons. The van der Waals surface area contributed by atoms with Crippen LogP contribution >= 0.6 is 0 Å². The van der Waals surface area contributed by atoms with E-state index in [4.69, 9.17) is 9.47 Å². The summed E-state index contributed by atoms with van der Waals surface area (Å²) in [5.74, 6) is 0.0199. The second kappa shape index (κ2) is 7.14. The Bertz CT molecular complexity index is 851. The molecule has 7 heteroatoms. The number of rotatable bonds is 5. The summed E-state index contributed by atoms with van der Waals surface area (Å²) in [6, 6.07) is 15.1. The predicted molar refractivity (Wildman–Crippen MR) is 93.1 cm³/mol. The Hall–Kier alpha value is -2.54. The molecule has 1 atom stereocenters. The van der Waals surface area contributed by atoms with E-state index in [1.54, 1.807) is 61.5 Å². The first-order valence-electron chi connectivity index (χ1n) is 8.01. The molecule has 0 saturated carbocycles. The van der Waals surface area contributed by atoms with Crippen molar-refractivity contribution in [2.45, 2.75) is 24.3 Å². The number of carbonyl (C=O) groups is 1. The van der Waals surface area contributed by atoms with Crippen molar-refractivity contribution in [1.29, 1.82) is 0 Å². The van der Waals surface area contributed by atoms with Gasteiger partial charge in [-0.1, -0.05) is 30.3 Å². The van der Waals surface area contributed by atoms with Gasteiger partial charge in [0.15, 0.2) is 0 Å². The molecule has 132 valence electrons. The van der Waals surface area contributed by atoms with E-state index in [9.17, 15) is 13.2 Å². The molecule has 1 aliphatic rings. The van der Waals surface area contributed by atoms with Crippen LogP contribution in [0.5, 0.6) is 5.75 Å². The fourth-order valence-corrected chi connectivity index (χ4v) is 4.25. The second-order valence-electron chi connectivity index (χ2n) is 5.57. The van der Waals surface area contributed by atoms with Crippen LogP contribution in [0.2, 0.25) is 0 Å². The minimum atomic E-state index is -3.76. The van der Waals surface area contributed by atoms with E-state index < -0.39 is 22.1 Å². The van der Waals surface area contributed by atoms with E-state index in [-0.39, 0.29) is 24.5 Å². The summed E-state index contributed by atoms with van der Waals surface area (Å²) >= 11 is 0. The van der Waals surface area contributed by atoms with Crippen molar-refractivity contribution in [1.82, 2.24) is 0 Å². The Morgan fingerprint density at radius 3 is 2.56 bits per heavy atom. The summed E-state index contributed by atoms with van der Waals surface area (Å²) in [6.07, 6.45) is -0.615. The zero-order valence-corrected chi connectivity index (χ0v) is 14.6. The van der Waals surface area contributed by atoms with E-state index in [0.29, 0.717) is 11.4 Å². The van der Waals surface area contributed by atoms with E-state index in [1.807, 2.05) is 0 Å². The molecule has 0 fully saturated rings. The fourth-order valence-electron chi connectivity index (χ4n) is 2.72. The molecule has 0 bridgehead atoms. The van der Waals surface area contributed by atoms with Gasteiger partial charge in [0.05, 0.1) is 30.2 Å². The van der Waals surface area contributed by atoms with Crippen LogP contribution in [-0.4, -0.2) is 33.6 Å². The molecule has 0 aliphatic carbocycles. The molecule has 1 aliphatic heterocycles. The maximum Gasteiger partial charge on any atom is 0.309 e. The quantitative estimate of drug-likeness (QED) is 0.766. The Morgan fingerprint density at radius 1 is 1.16 bits per heavy atom. The molecule has 0 saturated heterocycles. The van der Waals surface area contributed by atoms with E-state index >= 15 is 0 Å². The van der Waals surface area contributed by atoms with E-state index in [2.05, 4.69) is 0 Å². The van der Waals surface area contributed by atoms with Crippen molar-refractivity contribution in [2.24, 2.45) is 0 Å². The minimum absolute atomic E-state index is 0.0109. The highest BCUT2D eigenvalue weighted by Crippen LogP contribution is 2.37. The van der Waals surface area contributed by atoms with Gasteiger partial charge in [-0.3, -0.25) is 9.10 Å². The number of nitrogens with zero attached hydrogens (tertiary/aromatic N) is 1. The van der Waals surface area contributed by atoms with Crippen LogP contribution in [-0.2, 0) is 19.6 Å². The van der Waals surface area contributed by atoms with Gasteiger partial charge in [-0.25, -0.2) is 8.42 Å². The number of carbonyl (C=O) groups excluding carboxylic acids is 1. The first kappa shape index (κ1) is 17.3. The monoisotopic (exact) mass is 361 g/mol. The summed E-state index contributed by atoms with van der Waals surface area (Å²) < 4.78 is 38.2. The summed E-state index contributed by atoms with van der Waals surface area (Å²) in [5.41, 5.74) is 0.464. The zero-order valence-electron chi connectivity index (χ0n) is 13.8. The van der Waals surface area contributed by atoms with Gasteiger partial charge in [0.2, 0.25) is 0 Å². The second-order valence-corrected chi connectivity index (χ2v) is 7.43. The summed E-state index contributed by atoms with van der Waals surface area (Å²) in [4.78, 5) is 12.0. The first-order chi connectivity index (χ1) is 12.0. The van der Waals surface area contributed by atoms with Gasteiger partial charge in [-0.2, -0.15) is 0 Å². The molecule has 3 rings (SSSR count). The standard InChI is InChI=1S/C18H19NO5S/c1-2-23-18(20)12-14-13-19(16-10-6-7-11-17(16)24-14)25(21,22)15-8-4-3-5-9-15/h3-11,14H,2,12-13H2,1H3/t14-/m1/s1. The third kappa shape index (κ3) is 3.61. The number of sulfonamides is 1. The molecule has 2 aromatic rings. The fraction of sp³-hybridized carbons (Fsp3) is 0.278. The smallest absolute Gasteiger partial charge is 0.309 e. The van der Waals surface area contributed by atoms with Crippen LogP contribution < -0.4 is 9.04 Å². The molecule has 0 unspecified atom stereocenters. The van der Waals surface area contributed by atoms with Crippen LogP contribution in [0.25, 0.3) is 0 Å². The number of anilines is 1. The number of hydrogen-bond donors (Lipinski definition) is 0. The molecular formula is C18H19NO5S. The highest BCUT2D eigenvalue weighted by atomic mass is 32.2. The van der Waals surface area contributed by atoms with Crippen LogP contribution in [0, 0.1) is 0 Å². The Labute approximate surface area is 147 Å². The van der Waals surface area contributed by atoms with Crippen molar-refractivity contribution in [2.75, 3.05) is 17.5 Å². The number of esters is 1. The van der Waals surface area contributed by atoms with Gasteiger partial charge < -0.3 is 9.47 Å². The summed E-state index contributed by atoms with van der Waals surface area (Å²) in [6.45, 7) is 2.04. The third-order valence-electron chi connectivity index (χ3n) is 3.83. The maximum absolute atomic E-state index is 13.1. The number of para-hydroxylation sites is 2. The average Bonchev–Trinajstić information content (AvgIpc) is 2.62. The van der Waals surface area contributed by atoms with Gasteiger partial charge in [0.1, 0.15) is 11.9 Å². The SMILES string of the molecule is CCOC(=O)C[C@@H]1CN(S(=O)(=O)c2ccccc2)c2ccccc2O1. The maximum atomic E-state index is 13.1. The lowest BCUT2D eigenvalue weighted by molar-refractivity contribution is -0.144. The lowest BCUT2D eigenvalue weighted by Crippen LogP contribution is -2.44. The van der Waals surface area contributed by atoms with Gasteiger partial charge in [-0.15, -0.1) is 0 Å². The van der Waals surface area contributed by atoms with Crippen molar-refractivity contribution < 1.29 is 22.7 Å². The van der Waals surface area contributed by atoms with E-state index in [0.717, 1.165) is 0 Å². The lowest BCUT2D eigenvalue weighted by Gasteiger charge is -2.35. The molecule has 25 heavy (non-hydrogen) atoms. The van der Waals surface area contributed by atoms with Gasteiger partial charge in [0, 0.05) is 0 Å². The van der Waals surface area contributed by atoms with Crippen molar-refractivity contribution in [3.63, 3.8) is 0 Å². The number of fused-ring (bicyclic) bond motifs is 1. The van der Waals surface area contributed by atoms with Crippen LogP contribution in [0.3, 0.4) is 0 Å². The molecular weight excluding hydrogens is 342 g/mol. The van der Waals surface area contributed by atoms with Crippen molar-refractivity contribution in [3.8, 4) is 5.75 Å². The van der Waals surface area contributed by atoms with Crippen LogP contribution in [0.4, 0.5) is 5.69 Å². The summed E-state index contributed by atoms with van der Waals surface area (Å²) in [5, 5.41) is 0. The number of ether oxygens (including phenoxy) is 2. The van der Waals surface area contributed by atoms with Crippen molar-refractivity contribution in [3.05, 3.63) is 54.6 Å². The normalized spacial score (nSPS) is 16.7. The average molecular weight is 361 g/mol. The molecule has 1 heterocycles. The Morgan fingerprint density at radius 2 is 1.84 bits per heavy atom. The lowest BCUT2D eigenvalue weighted by atomic mass is 10.2. The molecule has 2 aromatic carbocycles. The van der Waals surface area contributed by atoms with Crippen LogP contribution in [0.15, 0.2) is 59.5 Å². The molecule has 0 amide bonds. The van der Waals surface area contributed by atoms with Gasteiger partial charge in [-0.05, 0) is 31.2 Å². The van der Waals surface area contributed by atoms with Gasteiger partial charge in [0.25, 0.3) is 10.0 Å². The minimum Gasteiger partial charge on any atom is -0.486 e. The number of benzene rings is 2. The highest BCUT2D eigenvalue weighted by molar-refractivity contribution is 7.92. The molecule has 6 nitrogen and oxygen atoms in total. The third-order valence-corrected chi connectivity index (χ3v) is 5.62. The molecule has 0 spiro atoms. The Balaban J connectivity index is 1.96. The van der Waals surface area contributed by atoms with Crippen molar-refractivity contribution >= 4 is 21.7 Å². The summed E-state index contributed by atoms with van der Waals surface area (Å²) in [7, 11) is -3.76. The molecule has 0 aromatic heterocycles. The van der Waals surface area contributed by atoms with Crippen LogP contribution in [0.1, 0.15) is 13.3 Å². The van der Waals surface area contributed by atoms with Gasteiger partial charge >= 0.3 is 5.97 Å². The largest absolute Gasteiger partial charge is 0.486 e. The topological polar surface area (TPSA) is 72.9 Å².